The molecule has 2 aromatic rings. The fraction of sp³-hybridized carbons (Fsp3) is 0.556. The first kappa shape index (κ1) is 15.7. The van der Waals surface area contributed by atoms with Crippen LogP contribution in [-0.2, 0) is 22.4 Å². The van der Waals surface area contributed by atoms with E-state index in [1.54, 1.807) is 0 Å². The van der Waals surface area contributed by atoms with E-state index in [2.05, 4.69) is 27.2 Å². The first-order valence-electron chi connectivity index (χ1n) is 8.67. The van der Waals surface area contributed by atoms with E-state index in [-0.39, 0.29) is 6.29 Å². The van der Waals surface area contributed by atoms with Crippen molar-refractivity contribution < 1.29 is 13.9 Å². The summed E-state index contributed by atoms with van der Waals surface area (Å²) >= 11 is 0. The second kappa shape index (κ2) is 7.42. The van der Waals surface area contributed by atoms with Crippen LogP contribution in [0, 0.1) is 5.92 Å². The molecule has 2 aliphatic rings. The molecule has 6 nitrogen and oxygen atoms in total. The molecule has 4 rings (SSSR count). The highest BCUT2D eigenvalue weighted by Crippen LogP contribution is 2.26. The van der Waals surface area contributed by atoms with Gasteiger partial charge in [-0.25, -0.2) is 0 Å². The molecule has 24 heavy (non-hydrogen) atoms. The van der Waals surface area contributed by atoms with Gasteiger partial charge in [-0.05, 0) is 31.5 Å². The molecule has 0 aliphatic carbocycles. The van der Waals surface area contributed by atoms with Gasteiger partial charge in [-0.1, -0.05) is 30.3 Å². The second-order valence-corrected chi connectivity index (χ2v) is 6.48. The van der Waals surface area contributed by atoms with Crippen LogP contribution >= 0.6 is 0 Å². The third kappa shape index (κ3) is 3.83. The third-order valence-corrected chi connectivity index (χ3v) is 4.73. The summed E-state index contributed by atoms with van der Waals surface area (Å²) in [5.74, 6) is 1.90. The monoisotopic (exact) mass is 329 g/mol. The Kier molecular flexibility index (Phi) is 4.87. The summed E-state index contributed by atoms with van der Waals surface area (Å²) < 4.78 is 17.1. The fourth-order valence-electron chi connectivity index (χ4n) is 3.42. The number of benzene rings is 1. The molecule has 0 unspecified atom stereocenters. The average Bonchev–Trinajstić information content (AvgIpc) is 3.29. The average molecular weight is 329 g/mol. The highest BCUT2D eigenvalue weighted by atomic mass is 16.7. The van der Waals surface area contributed by atoms with Gasteiger partial charge in [0, 0.05) is 5.92 Å². The van der Waals surface area contributed by atoms with Crippen molar-refractivity contribution in [2.24, 2.45) is 5.92 Å². The van der Waals surface area contributed by atoms with Crippen LogP contribution in [0.2, 0.25) is 0 Å². The molecule has 0 bridgehead atoms. The van der Waals surface area contributed by atoms with Crippen LogP contribution in [0.4, 0.5) is 0 Å². The van der Waals surface area contributed by atoms with Crippen LogP contribution < -0.4 is 0 Å². The molecule has 0 radical (unpaired) electrons. The van der Waals surface area contributed by atoms with Crippen LogP contribution in [0.15, 0.2) is 34.7 Å². The van der Waals surface area contributed by atoms with Crippen molar-refractivity contribution in [3.05, 3.63) is 47.7 Å². The molecule has 1 aromatic carbocycles. The Labute approximate surface area is 141 Å². The molecule has 0 amide bonds. The van der Waals surface area contributed by atoms with Gasteiger partial charge in [-0.2, -0.15) is 0 Å². The number of nitrogens with zero attached hydrogens (tertiary/aromatic N) is 3. The Hall–Kier alpha value is -1.76. The molecule has 2 fully saturated rings. The first-order chi connectivity index (χ1) is 11.9. The van der Waals surface area contributed by atoms with E-state index >= 15 is 0 Å². The van der Waals surface area contributed by atoms with Gasteiger partial charge in [0.05, 0.1) is 26.2 Å². The summed E-state index contributed by atoms with van der Waals surface area (Å²) in [4.78, 5) is 2.37. The Balaban J connectivity index is 1.27. The second-order valence-electron chi connectivity index (χ2n) is 6.48. The predicted molar refractivity (Wildman–Crippen MR) is 87.2 cm³/mol. The van der Waals surface area contributed by atoms with E-state index in [1.165, 1.54) is 5.56 Å². The van der Waals surface area contributed by atoms with E-state index in [4.69, 9.17) is 13.9 Å². The van der Waals surface area contributed by atoms with Gasteiger partial charge in [0.2, 0.25) is 11.8 Å². The Morgan fingerprint density at radius 3 is 2.42 bits per heavy atom. The van der Waals surface area contributed by atoms with Crippen LogP contribution in [-0.4, -0.2) is 47.7 Å². The van der Waals surface area contributed by atoms with Crippen LogP contribution in [0.5, 0.6) is 0 Å². The molecule has 2 saturated heterocycles. The number of likely N-dealkylation sites (tertiary alicyclic amines) is 1. The molecule has 128 valence electrons. The summed E-state index contributed by atoms with van der Waals surface area (Å²) in [5.41, 5.74) is 1.19. The predicted octanol–water partition coefficient (Wildman–Crippen LogP) is 2.25. The van der Waals surface area contributed by atoms with Crippen molar-refractivity contribution in [2.75, 3.05) is 26.3 Å². The lowest BCUT2D eigenvalue weighted by atomic mass is 9.96. The minimum absolute atomic E-state index is 0.00743. The maximum Gasteiger partial charge on any atom is 0.230 e. The zero-order valence-corrected chi connectivity index (χ0v) is 13.8. The smallest absolute Gasteiger partial charge is 0.230 e. The van der Waals surface area contributed by atoms with Crippen molar-refractivity contribution in [1.29, 1.82) is 0 Å². The molecule has 3 heterocycles. The highest BCUT2D eigenvalue weighted by Gasteiger charge is 2.30. The largest absolute Gasteiger partial charge is 0.424 e. The molecular formula is C18H23N3O3. The highest BCUT2D eigenvalue weighted by molar-refractivity contribution is 5.17. The summed E-state index contributed by atoms with van der Waals surface area (Å²) in [6.45, 7) is 4.23. The van der Waals surface area contributed by atoms with Crippen LogP contribution in [0.1, 0.15) is 30.2 Å². The van der Waals surface area contributed by atoms with Gasteiger partial charge in [-0.15, -0.1) is 10.2 Å². The van der Waals surface area contributed by atoms with E-state index < -0.39 is 0 Å². The van der Waals surface area contributed by atoms with Crippen LogP contribution in [0.3, 0.4) is 0 Å². The lowest BCUT2D eigenvalue weighted by molar-refractivity contribution is -0.0980. The van der Waals surface area contributed by atoms with Gasteiger partial charge in [0.15, 0.2) is 6.29 Å². The molecular weight excluding hydrogens is 306 g/mol. The van der Waals surface area contributed by atoms with Crippen molar-refractivity contribution in [3.8, 4) is 0 Å². The lowest BCUT2D eigenvalue weighted by Crippen LogP contribution is -2.37. The summed E-state index contributed by atoms with van der Waals surface area (Å²) in [6, 6.07) is 10.2. The molecule has 6 heteroatoms. The molecule has 0 atom stereocenters. The van der Waals surface area contributed by atoms with E-state index in [1.807, 2.05) is 18.2 Å². The van der Waals surface area contributed by atoms with Crippen LogP contribution in [0.25, 0.3) is 0 Å². The van der Waals surface area contributed by atoms with E-state index in [9.17, 15) is 0 Å². The van der Waals surface area contributed by atoms with E-state index in [0.717, 1.165) is 45.7 Å². The van der Waals surface area contributed by atoms with Gasteiger partial charge in [-0.3, -0.25) is 4.90 Å². The zero-order chi connectivity index (χ0) is 16.2. The topological polar surface area (TPSA) is 60.6 Å². The number of rotatable bonds is 5. The lowest BCUT2D eigenvalue weighted by Gasteiger charge is -2.32. The van der Waals surface area contributed by atoms with E-state index in [0.29, 0.717) is 24.1 Å². The van der Waals surface area contributed by atoms with Crippen molar-refractivity contribution >= 4 is 0 Å². The van der Waals surface area contributed by atoms with Gasteiger partial charge in [0.1, 0.15) is 0 Å². The zero-order valence-electron chi connectivity index (χ0n) is 13.8. The fourth-order valence-corrected chi connectivity index (χ4v) is 3.42. The van der Waals surface area contributed by atoms with Gasteiger partial charge >= 0.3 is 0 Å². The Morgan fingerprint density at radius 2 is 1.67 bits per heavy atom. The minimum Gasteiger partial charge on any atom is -0.424 e. The summed E-state index contributed by atoms with van der Waals surface area (Å²) in [6.07, 6.45) is 2.88. The molecule has 0 saturated carbocycles. The number of aromatic nitrogens is 2. The Bertz CT molecular complexity index is 632. The van der Waals surface area contributed by atoms with Gasteiger partial charge in [0.25, 0.3) is 0 Å². The first-order valence-corrected chi connectivity index (χ1v) is 8.67. The maximum atomic E-state index is 5.80. The maximum absolute atomic E-state index is 5.80. The third-order valence-electron chi connectivity index (χ3n) is 4.73. The number of piperidine rings is 1. The molecule has 1 aromatic heterocycles. The number of hydrogen-bond donors (Lipinski definition) is 0. The standard InChI is InChI=1S/C18H23N3O3/c1-2-4-14(5-3-1)12-16-19-20-17(24-16)13-21-8-6-15(7-9-21)18-22-10-11-23-18/h1-5,15,18H,6-13H2. The number of hydrogen-bond acceptors (Lipinski definition) is 6. The molecule has 0 N–H and O–H groups in total. The summed E-state index contributed by atoms with van der Waals surface area (Å²) in [7, 11) is 0. The normalized spacial score (nSPS) is 20.7. The quantitative estimate of drug-likeness (QED) is 0.838. The molecule has 2 aliphatic heterocycles. The summed E-state index contributed by atoms with van der Waals surface area (Å²) in [5, 5.41) is 8.37. The Morgan fingerprint density at radius 1 is 0.958 bits per heavy atom. The van der Waals surface area contributed by atoms with Crippen molar-refractivity contribution in [1.82, 2.24) is 15.1 Å². The van der Waals surface area contributed by atoms with Gasteiger partial charge < -0.3 is 13.9 Å². The van der Waals surface area contributed by atoms with Crippen molar-refractivity contribution in [2.45, 2.75) is 32.1 Å². The van der Waals surface area contributed by atoms with Crippen molar-refractivity contribution in [3.63, 3.8) is 0 Å². The SMILES string of the molecule is c1ccc(Cc2nnc(CN3CCC(C4OCCO4)CC3)o2)cc1. The molecule has 0 spiro atoms. The number of ether oxygens (including phenoxy) is 2. The minimum atomic E-state index is 0.00743.